The van der Waals surface area contributed by atoms with Crippen LogP contribution < -0.4 is 0 Å². The summed E-state index contributed by atoms with van der Waals surface area (Å²) in [6, 6.07) is 8.63. The fourth-order valence-electron chi connectivity index (χ4n) is 2.41. The molecule has 0 spiro atoms. The van der Waals surface area contributed by atoms with Crippen LogP contribution in [-0.2, 0) is 16.6 Å². The van der Waals surface area contributed by atoms with E-state index in [1.807, 2.05) is 17.0 Å². The highest BCUT2D eigenvalue weighted by Crippen LogP contribution is 2.18. The molecule has 1 aromatic carbocycles. The van der Waals surface area contributed by atoms with Gasteiger partial charge in [0.1, 0.15) is 0 Å². The predicted molar refractivity (Wildman–Crippen MR) is 82.6 cm³/mol. The molecule has 21 heavy (non-hydrogen) atoms. The summed E-state index contributed by atoms with van der Waals surface area (Å²) < 4.78 is 26.6. The van der Waals surface area contributed by atoms with Gasteiger partial charge in [0.15, 0.2) is 0 Å². The van der Waals surface area contributed by atoms with Crippen LogP contribution in [0.4, 0.5) is 0 Å². The van der Waals surface area contributed by atoms with E-state index in [1.165, 1.54) is 0 Å². The van der Waals surface area contributed by atoms with Gasteiger partial charge in [0.25, 0.3) is 0 Å². The lowest BCUT2D eigenvalue weighted by Crippen LogP contribution is -2.48. The van der Waals surface area contributed by atoms with E-state index in [9.17, 15) is 8.42 Å². The van der Waals surface area contributed by atoms with Crippen LogP contribution in [0.3, 0.4) is 0 Å². The molecule has 0 radical (unpaired) electrons. The first-order valence-corrected chi connectivity index (χ1v) is 9.19. The summed E-state index contributed by atoms with van der Waals surface area (Å²) in [7, 11) is -3.35. The molecule has 7 heteroatoms. The summed E-state index contributed by atoms with van der Waals surface area (Å²) in [5.74, 6) is 0. The Morgan fingerprint density at radius 2 is 1.81 bits per heavy atom. The van der Waals surface area contributed by atoms with Gasteiger partial charge >= 0.3 is 0 Å². The normalized spacial score (nSPS) is 17.9. The number of piperazine rings is 1. The second kappa shape index (κ2) is 6.23. The molecule has 0 atom stereocenters. The van der Waals surface area contributed by atoms with Gasteiger partial charge in [-0.15, -0.1) is 11.3 Å². The monoisotopic (exact) mass is 323 g/mol. The van der Waals surface area contributed by atoms with Crippen molar-refractivity contribution in [2.45, 2.75) is 11.4 Å². The van der Waals surface area contributed by atoms with Crippen molar-refractivity contribution in [3.63, 3.8) is 0 Å². The van der Waals surface area contributed by atoms with Crippen molar-refractivity contribution in [1.29, 1.82) is 0 Å². The van der Waals surface area contributed by atoms with Crippen LogP contribution in [0.15, 0.2) is 46.1 Å². The Kier molecular flexibility index (Phi) is 4.34. The Labute approximate surface area is 128 Å². The molecule has 0 N–H and O–H groups in total. The summed E-state index contributed by atoms with van der Waals surface area (Å²) in [6.07, 6.45) is 0. The zero-order valence-corrected chi connectivity index (χ0v) is 13.2. The number of benzene rings is 1. The van der Waals surface area contributed by atoms with E-state index in [0.29, 0.717) is 18.0 Å². The fourth-order valence-corrected chi connectivity index (χ4v) is 4.41. The fraction of sp³-hybridized carbons (Fsp3) is 0.357. The standard InChI is InChI=1S/C14H17N3O2S2/c18-21(19,14-4-2-1-3-5-14)17-8-6-16(7-9-17)10-13-11-20-12-15-13/h1-5,11-12H,6-10H2. The summed E-state index contributed by atoms with van der Waals surface area (Å²) in [5, 5.41) is 2.03. The molecule has 2 aromatic rings. The van der Waals surface area contributed by atoms with Crippen LogP contribution >= 0.6 is 11.3 Å². The highest BCUT2D eigenvalue weighted by molar-refractivity contribution is 7.89. The average molecular weight is 323 g/mol. The van der Waals surface area contributed by atoms with E-state index in [4.69, 9.17) is 0 Å². The van der Waals surface area contributed by atoms with Crippen molar-refractivity contribution in [3.05, 3.63) is 46.9 Å². The maximum absolute atomic E-state index is 12.5. The lowest BCUT2D eigenvalue weighted by Gasteiger charge is -2.33. The molecule has 2 heterocycles. The SMILES string of the molecule is O=S(=O)(c1ccccc1)N1CCN(Cc2cscn2)CC1. The molecular formula is C14H17N3O2S2. The predicted octanol–water partition coefficient (Wildman–Crippen LogP) is 1.65. The first-order valence-electron chi connectivity index (χ1n) is 6.81. The molecule has 5 nitrogen and oxygen atoms in total. The number of nitrogens with zero attached hydrogens (tertiary/aromatic N) is 3. The van der Waals surface area contributed by atoms with Gasteiger partial charge < -0.3 is 0 Å². The minimum absolute atomic E-state index is 0.373. The Balaban J connectivity index is 1.63. The minimum atomic E-state index is -3.35. The maximum Gasteiger partial charge on any atom is 0.243 e. The molecule has 0 saturated carbocycles. The number of aromatic nitrogens is 1. The molecule has 1 aliphatic rings. The molecular weight excluding hydrogens is 306 g/mol. The van der Waals surface area contributed by atoms with Crippen LogP contribution in [-0.4, -0.2) is 48.8 Å². The minimum Gasteiger partial charge on any atom is -0.295 e. The Morgan fingerprint density at radius 3 is 2.43 bits per heavy atom. The number of hydrogen-bond acceptors (Lipinski definition) is 5. The second-order valence-electron chi connectivity index (χ2n) is 4.97. The van der Waals surface area contributed by atoms with Crippen molar-refractivity contribution in [2.75, 3.05) is 26.2 Å². The van der Waals surface area contributed by atoms with Crippen molar-refractivity contribution in [2.24, 2.45) is 0 Å². The van der Waals surface area contributed by atoms with Gasteiger partial charge in [-0.25, -0.2) is 13.4 Å². The van der Waals surface area contributed by atoms with Crippen molar-refractivity contribution < 1.29 is 8.42 Å². The van der Waals surface area contributed by atoms with Crippen LogP contribution in [0, 0.1) is 0 Å². The zero-order chi connectivity index (χ0) is 14.7. The maximum atomic E-state index is 12.5. The number of thiazole rings is 1. The Bertz CT molecular complexity index is 664. The quantitative estimate of drug-likeness (QED) is 0.858. The molecule has 3 rings (SSSR count). The largest absolute Gasteiger partial charge is 0.295 e. The van der Waals surface area contributed by atoms with Gasteiger partial charge in [-0.05, 0) is 12.1 Å². The van der Waals surface area contributed by atoms with E-state index in [2.05, 4.69) is 9.88 Å². The molecule has 112 valence electrons. The molecule has 0 amide bonds. The molecule has 0 unspecified atom stereocenters. The van der Waals surface area contributed by atoms with Crippen LogP contribution in [0.1, 0.15) is 5.69 Å². The van der Waals surface area contributed by atoms with Crippen molar-refractivity contribution in [1.82, 2.24) is 14.2 Å². The number of hydrogen-bond donors (Lipinski definition) is 0. The van der Waals surface area contributed by atoms with Crippen LogP contribution in [0.2, 0.25) is 0 Å². The van der Waals surface area contributed by atoms with E-state index in [1.54, 1.807) is 39.9 Å². The first kappa shape index (κ1) is 14.6. The van der Waals surface area contributed by atoms with Gasteiger partial charge in [-0.1, -0.05) is 18.2 Å². The lowest BCUT2D eigenvalue weighted by molar-refractivity contribution is 0.180. The summed E-state index contributed by atoms with van der Waals surface area (Å²) in [4.78, 5) is 6.89. The smallest absolute Gasteiger partial charge is 0.243 e. The Hall–Kier alpha value is -1.28. The molecule has 0 bridgehead atoms. The second-order valence-corrected chi connectivity index (χ2v) is 7.63. The third kappa shape index (κ3) is 3.32. The van der Waals surface area contributed by atoms with E-state index in [-0.39, 0.29) is 0 Å². The summed E-state index contributed by atoms with van der Waals surface area (Å²) >= 11 is 1.59. The van der Waals surface area contributed by atoms with Gasteiger partial charge in [-0.2, -0.15) is 4.31 Å². The van der Waals surface area contributed by atoms with E-state index < -0.39 is 10.0 Å². The molecule has 1 saturated heterocycles. The highest BCUT2D eigenvalue weighted by Gasteiger charge is 2.28. The summed E-state index contributed by atoms with van der Waals surface area (Å²) in [6.45, 7) is 3.33. The topological polar surface area (TPSA) is 53.5 Å². The number of sulfonamides is 1. The van der Waals surface area contributed by atoms with Crippen LogP contribution in [0.5, 0.6) is 0 Å². The molecule has 1 aromatic heterocycles. The molecule has 0 aliphatic carbocycles. The highest BCUT2D eigenvalue weighted by atomic mass is 32.2. The third-order valence-corrected chi connectivity index (χ3v) is 6.13. The Morgan fingerprint density at radius 1 is 1.10 bits per heavy atom. The lowest BCUT2D eigenvalue weighted by atomic mass is 10.3. The molecule has 1 fully saturated rings. The van der Waals surface area contributed by atoms with Gasteiger partial charge in [0.2, 0.25) is 10.0 Å². The first-order chi connectivity index (χ1) is 10.2. The van der Waals surface area contributed by atoms with E-state index in [0.717, 1.165) is 25.3 Å². The average Bonchev–Trinajstić information content (AvgIpc) is 3.02. The van der Waals surface area contributed by atoms with Gasteiger partial charge in [-0.3, -0.25) is 4.90 Å². The number of rotatable bonds is 4. The zero-order valence-electron chi connectivity index (χ0n) is 11.6. The van der Waals surface area contributed by atoms with Crippen molar-refractivity contribution in [3.8, 4) is 0 Å². The summed E-state index contributed by atoms with van der Waals surface area (Å²) in [5.41, 5.74) is 2.88. The van der Waals surface area contributed by atoms with E-state index >= 15 is 0 Å². The third-order valence-electron chi connectivity index (χ3n) is 3.58. The van der Waals surface area contributed by atoms with Gasteiger partial charge in [0.05, 0.1) is 16.1 Å². The van der Waals surface area contributed by atoms with Crippen LogP contribution in [0.25, 0.3) is 0 Å². The van der Waals surface area contributed by atoms with Gasteiger partial charge in [0, 0.05) is 38.1 Å². The van der Waals surface area contributed by atoms with Crippen molar-refractivity contribution >= 4 is 21.4 Å². The molecule has 1 aliphatic heterocycles.